The highest BCUT2D eigenvalue weighted by atomic mass is 19.1. The Labute approximate surface area is 151 Å². The van der Waals surface area contributed by atoms with Crippen molar-refractivity contribution in [1.29, 1.82) is 0 Å². The van der Waals surface area contributed by atoms with Crippen LogP contribution in [0, 0.1) is 11.2 Å². The minimum absolute atomic E-state index is 0.259. The van der Waals surface area contributed by atoms with E-state index in [0.717, 1.165) is 11.3 Å². The van der Waals surface area contributed by atoms with Gasteiger partial charge in [-0.2, -0.15) is 0 Å². The highest BCUT2D eigenvalue weighted by Gasteiger charge is 2.56. The zero-order valence-corrected chi connectivity index (χ0v) is 14.5. The van der Waals surface area contributed by atoms with E-state index in [4.69, 9.17) is 4.74 Å². The molecule has 6 heteroatoms. The summed E-state index contributed by atoms with van der Waals surface area (Å²) >= 11 is 0. The van der Waals surface area contributed by atoms with Crippen molar-refractivity contribution in [1.82, 2.24) is 5.32 Å². The van der Waals surface area contributed by atoms with Crippen LogP contribution in [0.15, 0.2) is 48.5 Å². The number of hydrogen-bond donors (Lipinski definition) is 2. The van der Waals surface area contributed by atoms with Gasteiger partial charge < -0.3 is 15.4 Å². The van der Waals surface area contributed by atoms with Crippen LogP contribution in [0.4, 0.5) is 10.1 Å². The summed E-state index contributed by atoms with van der Waals surface area (Å²) < 4.78 is 18.0. The van der Waals surface area contributed by atoms with Gasteiger partial charge in [0.1, 0.15) is 17.0 Å². The van der Waals surface area contributed by atoms with Gasteiger partial charge in [0.2, 0.25) is 11.8 Å². The van der Waals surface area contributed by atoms with E-state index in [9.17, 15) is 14.0 Å². The van der Waals surface area contributed by atoms with Crippen LogP contribution in [-0.4, -0.2) is 25.5 Å². The van der Waals surface area contributed by atoms with Crippen molar-refractivity contribution >= 4 is 17.5 Å². The molecule has 26 heavy (non-hydrogen) atoms. The van der Waals surface area contributed by atoms with Gasteiger partial charge in [-0.15, -0.1) is 0 Å². The Morgan fingerprint density at radius 2 is 1.69 bits per heavy atom. The first-order valence-electron chi connectivity index (χ1n) is 8.52. The molecule has 1 aliphatic rings. The molecule has 136 valence electrons. The molecule has 0 atom stereocenters. The molecular formula is C20H21FN2O3. The van der Waals surface area contributed by atoms with Crippen LogP contribution in [0.5, 0.6) is 5.75 Å². The number of hydrogen-bond acceptors (Lipinski definition) is 3. The molecule has 0 bridgehead atoms. The first-order valence-corrected chi connectivity index (χ1v) is 8.52. The standard InChI is InChI=1S/C20H21FN2O3/c1-26-17-8-2-14(3-9-17)10-13-22-18(24)20(11-12-20)19(25)23-16-6-4-15(21)5-7-16/h2-9H,10-13H2,1H3,(H,22,24)(H,23,25). The molecule has 2 N–H and O–H groups in total. The number of carbonyl (C=O) groups is 2. The lowest BCUT2D eigenvalue weighted by molar-refractivity contribution is -0.134. The largest absolute Gasteiger partial charge is 0.497 e. The molecule has 1 fully saturated rings. The van der Waals surface area contributed by atoms with E-state index in [1.165, 1.54) is 24.3 Å². The van der Waals surface area contributed by atoms with Gasteiger partial charge in [0.05, 0.1) is 7.11 Å². The average Bonchev–Trinajstić information content (AvgIpc) is 3.46. The third kappa shape index (κ3) is 4.02. The van der Waals surface area contributed by atoms with Crippen LogP contribution in [0.25, 0.3) is 0 Å². The molecule has 0 aliphatic heterocycles. The molecule has 0 aromatic heterocycles. The summed E-state index contributed by atoms with van der Waals surface area (Å²) in [5.41, 5.74) is 0.550. The Bertz CT molecular complexity index is 784. The zero-order valence-electron chi connectivity index (χ0n) is 14.5. The molecular weight excluding hydrogens is 335 g/mol. The van der Waals surface area contributed by atoms with Crippen molar-refractivity contribution in [3.63, 3.8) is 0 Å². The molecule has 0 saturated heterocycles. The molecule has 2 aromatic carbocycles. The maximum absolute atomic E-state index is 12.9. The third-order valence-electron chi connectivity index (χ3n) is 4.58. The predicted molar refractivity (Wildman–Crippen MR) is 96.4 cm³/mol. The van der Waals surface area contributed by atoms with Crippen LogP contribution in [-0.2, 0) is 16.0 Å². The number of amides is 2. The van der Waals surface area contributed by atoms with Gasteiger partial charge in [0.15, 0.2) is 0 Å². The molecule has 0 heterocycles. The normalized spacial score (nSPS) is 14.4. The SMILES string of the molecule is COc1ccc(CCNC(=O)C2(C(=O)Nc3ccc(F)cc3)CC2)cc1. The van der Waals surface area contributed by atoms with E-state index < -0.39 is 5.41 Å². The van der Waals surface area contributed by atoms with Gasteiger partial charge in [-0.3, -0.25) is 9.59 Å². The minimum atomic E-state index is -1.01. The predicted octanol–water partition coefficient (Wildman–Crippen LogP) is 2.91. The molecule has 0 radical (unpaired) electrons. The smallest absolute Gasteiger partial charge is 0.240 e. The number of methoxy groups -OCH3 is 1. The number of ether oxygens (including phenoxy) is 1. The summed E-state index contributed by atoms with van der Waals surface area (Å²) in [5, 5.41) is 5.54. The van der Waals surface area contributed by atoms with Gasteiger partial charge in [-0.1, -0.05) is 12.1 Å². The van der Waals surface area contributed by atoms with Crippen molar-refractivity contribution in [3.05, 3.63) is 59.9 Å². The molecule has 0 unspecified atom stereocenters. The topological polar surface area (TPSA) is 67.4 Å². The lowest BCUT2D eigenvalue weighted by Gasteiger charge is -2.15. The van der Waals surface area contributed by atoms with Crippen molar-refractivity contribution in [2.75, 3.05) is 19.0 Å². The monoisotopic (exact) mass is 356 g/mol. The number of rotatable bonds is 7. The van der Waals surface area contributed by atoms with Gasteiger partial charge in [0.25, 0.3) is 0 Å². The van der Waals surface area contributed by atoms with E-state index >= 15 is 0 Å². The van der Waals surface area contributed by atoms with E-state index in [-0.39, 0.29) is 17.6 Å². The van der Waals surface area contributed by atoms with Crippen molar-refractivity contribution < 1.29 is 18.7 Å². The second kappa shape index (κ2) is 7.56. The molecule has 3 rings (SSSR count). The van der Waals surface area contributed by atoms with E-state index in [1.807, 2.05) is 24.3 Å². The highest BCUT2D eigenvalue weighted by molar-refractivity contribution is 6.13. The van der Waals surface area contributed by atoms with Crippen LogP contribution in [0.2, 0.25) is 0 Å². The van der Waals surface area contributed by atoms with Crippen molar-refractivity contribution in [2.24, 2.45) is 5.41 Å². The summed E-state index contributed by atoms with van der Waals surface area (Å²) in [6.07, 6.45) is 1.72. The number of halogens is 1. The fourth-order valence-electron chi connectivity index (χ4n) is 2.75. The molecule has 1 saturated carbocycles. The minimum Gasteiger partial charge on any atom is -0.497 e. The van der Waals surface area contributed by atoms with Crippen LogP contribution >= 0.6 is 0 Å². The van der Waals surface area contributed by atoms with Crippen LogP contribution in [0.1, 0.15) is 18.4 Å². The number of anilines is 1. The first-order chi connectivity index (χ1) is 12.5. The van der Waals surface area contributed by atoms with E-state index in [0.29, 0.717) is 31.5 Å². The Hall–Kier alpha value is -2.89. The number of nitrogens with one attached hydrogen (secondary N) is 2. The van der Waals surface area contributed by atoms with Crippen molar-refractivity contribution in [2.45, 2.75) is 19.3 Å². The Balaban J connectivity index is 1.51. The molecule has 2 aromatic rings. The van der Waals surface area contributed by atoms with Crippen molar-refractivity contribution in [3.8, 4) is 5.75 Å². The molecule has 1 aliphatic carbocycles. The van der Waals surface area contributed by atoms with Gasteiger partial charge in [-0.25, -0.2) is 4.39 Å². The Morgan fingerprint density at radius 1 is 1.04 bits per heavy atom. The average molecular weight is 356 g/mol. The van der Waals surface area contributed by atoms with E-state index in [2.05, 4.69) is 10.6 Å². The zero-order chi connectivity index (χ0) is 18.6. The highest BCUT2D eigenvalue weighted by Crippen LogP contribution is 2.46. The lowest BCUT2D eigenvalue weighted by atomic mass is 10.0. The number of carbonyl (C=O) groups excluding carboxylic acids is 2. The van der Waals surface area contributed by atoms with Gasteiger partial charge in [0, 0.05) is 12.2 Å². The Morgan fingerprint density at radius 3 is 2.27 bits per heavy atom. The third-order valence-corrected chi connectivity index (χ3v) is 4.58. The number of benzene rings is 2. The molecule has 2 amide bonds. The van der Waals surface area contributed by atoms with Gasteiger partial charge in [-0.05, 0) is 61.2 Å². The summed E-state index contributed by atoms with van der Waals surface area (Å²) in [7, 11) is 1.61. The first kappa shape index (κ1) is 17.9. The fraction of sp³-hybridized carbons (Fsp3) is 0.300. The van der Waals surface area contributed by atoms with Crippen LogP contribution < -0.4 is 15.4 Å². The quantitative estimate of drug-likeness (QED) is 0.750. The lowest BCUT2D eigenvalue weighted by Crippen LogP contribution is -2.40. The summed E-state index contributed by atoms with van der Waals surface area (Å²) in [6, 6.07) is 13.1. The maximum atomic E-state index is 12.9. The second-order valence-electron chi connectivity index (χ2n) is 6.40. The Kier molecular flexibility index (Phi) is 5.21. The van der Waals surface area contributed by atoms with Crippen LogP contribution in [0.3, 0.4) is 0 Å². The van der Waals surface area contributed by atoms with E-state index in [1.54, 1.807) is 7.11 Å². The summed E-state index contributed by atoms with van der Waals surface area (Å²) in [5.74, 6) is -0.190. The maximum Gasteiger partial charge on any atom is 0.240 e. The summed E-state index contributed by atoms with van der Waals surface area (Å²) in [6.45, 7) is 0.455. The fourth-order valence-corrected chi connectivity index (χ4v) is 2.75. The molecule has 0 spiro atoms. The summed E-state index contributed by atoms with van der Waals surface area (Å²) in [4.78, 5) is 24.9. The van der Waals surface area contributed by atoms with Gasteiger partial charge >= 0.3 is 0 Å². The second-order valence-corrected chi connectivity index (χ2v) is 6.40. The molecule has 5 nitrogen and oxygen atoms in total.